The predicted molar refractivity (Wildman–Crippen MR) is 81.0 cm³/mol. The molecular weight excluding hydrogens is 274 g/mol. The monoisotopic (exact) mass is 293 g/mol. The van der Waals surface area contributed by atoms with Crippen LogP contribution in [-0.2, 0) is 6.54 Å². The van der Waals surface area contributed by atoms with E-state index in [1.807, 2.05) is 24.5 Å². The summed E-state index contributed by atoms with van der Waals surface area (Å²) in [6.07, 6.45) is 5.65. The van der Waals surface area contributed by atoms with Gasteiger partial charge in [-0.05, 0) is 44.4 Å². The number of rotatable bonds is 4. The molecule has 2 aromatic rings. The lowest BCUT2D eigenvalue weighted by atomic mass is 9.97. The van der Waals surface area contributed by atoms with Crippen molar-refractivity contribution < 1.29 is 5.11 Å². The molecule has 1 aliphatic rings. The van der Waals surface area contributed by atoms with E-state index in [1.165, 1.54) is 0 Å². The number of nitrogens with zero attached hydrogens (tertiary/aromatic N) is 2. The summed E-state index contributed by atoms with van der Waals surface area (Å²) in [4.78, 5) is 4.36. The second kappa shape index (κ2) is 6.12. The van der Waals surface area contributed by atoms with Crippen molar-refractivity contribution in [3.05, 3.63) is 29.5 Å². The Balaban J connectivity index is 1.61. The lowest BCUT2D eigenvalue weighted by Crippen LogP contribution is -2.44. The molecule has 0 aliphatic carbocycles. The molecule has 2 N–H and O–H groups in total. The first kappa shape index (κ1) is 13.9. The molecule has 2 heterocycles. The fourth-order valence-corrected chi connectivity index (χ4v) is 3.16. The molecule has 0 bridgehead atoms. The summed E-state index contributed by atoms with van der Waals surface area (Å²) < 4.78 is 2.14. The normalized spacial score (nSPS) is 23.3. The number of benzene rings is 1. The molecule has 1 aliphatic heterocycles. The third-order valence-corrected chi connectivity index (χ3v) is 4.37. The highest BCUT2D eigenvalue weighted by molar-refractivity contribution is 6.34. The Labute approximate surface area is 123 Å². The molecule has 1 fully saturated rings. The molecule has 5 heteroatoms. The Morgan fingerprint density at radius 2 is 2.35 bits per heavy atom. The molecule has 0 saturated carbocycles. The van der Waals surface area contributed by atoms with E-state index in [-0.39, 0.29) is 12.1 Å². The van der Waals surface area contributed by atoms with Crippen LogP contribution in [0.15, 0.2) is 24.5 Å². The first-order chi connectivity index (χ1) is 9.75. The Morgan fingerprint density at radius 1 is 1.45 bits per heavy atom. The van der Waals surface area contributed by atoms with Crippen molar-refractivity contribution in [1.29, 1.82) is 0 Å². The first-order valence-corrected chi connectivity index (χ1v) is 7.64. The third kappa shape index (κ3) is 2.82. The number of aromatic nitrogens is 2. The molecule has 0 spiro atoms. The molecule has 1 aromatic heterocycles. The summed E-state index contributed by atoms with van der Waals surface area (Å²) in [5.41, 5.74) is 1.94. The van der Waals surface area contributed by atoms with Gasteiger partial charge in [-0.25, -0.2) is 4.98 Å². The topological polar surface area (TPSA) is 50.1 Å². The van der Waals surface area contributed by atoms with Gasteiger partial charge in [0.05, 0.1) is 23.0 Å². The maximum atomic E-state index is 9.94. The summed E-state index contributed by atoms with van der Waals surface area (Å²) >= 11 is 6.13. The fraction of sp³-hybridized carbons (Fsp3) is 0.533. The minimum atomic E-state index is -0.197. The lowest BCUT2D eigenvalue weighted by molar-refractivity contribution is 0.0909. The van der Waals surface area contributed by atoms with Crippen molar-refractivity contribution in [2.24, 2.45) is 0 Å². The number of imidazole rings is 1. The Morgan fingerprint density at radius 3 is 3.20 bits per heavy atom. The first-order valence-electron chi connectivity index (χ1n) is 7.26. The standard InChI is InChI=1S/C15H20ClN3O/c16-11-4-1-6-13-15(11)18-10-19(13)9-3-5-12-14(20)7-2-8-17-12/h1,4,6,10,12,14,17,20H,2-3,5,7-9H2/t12-,14+/m1/s1. The summed E-state index contributed by atoms with van der Waals surface area (Å²) in [7, 11) is 0. The quantitative estimate of drug-likeness (QED) is 0.911. The van der Waals surface area contributed by atoms with Gasteiger partial charge < -0.3 is 15.0 Å². The van der Waals surface area contributed by atoms with Gasteiger partial charge in [0.25, 0.3) is 0 Å². The summed E-state index contributed by atoms with van der Waals surface area (Å²) in [6.45, 7) is 1.92. The van der Waals surface area contributed by atoms with Gasteiger partial charge in [-0.3, -0.25) is 0 Å². The zero-order valence-electron chi connectivity index (χ0n) is 11.4. The van der Waals surface area contributed by atoms with E-state index >= 15 is 0 Å². The average Bonchev–Trinajstić information content (AvgIpc) is 2.86. The van der Waals surface area contributed by atoms with Crippen LogP contribution in [-0.4, -0.2) is 33.3 Å². The largest absolute Gasteiger partial charge is 0.392 e. The second-order valence-corrected chi connectivity index (χ2v) is 5.87. The number of nitrogens with one attached hydrogen (secondary N) is 1. The van der Waals surface area contributed by atoms with E-state index in [0.717, 1.165) is 49.8 Å². The minimum absolute atomic E-state index is 0.197. The van der Waals surface area contributed by atoms with Crippen LogP contribution in [0, 0.1) is 0 Å². The zero-order valence-corrected chi connectivity index (χ0v) is 12.2. The Hall–Kier alpha value is -1.10. The molecular formula is C15H20ClN3O. The molecule has 1 aromatic carbocycles. The van der Waals surface area contributed by atoms with E-state index in [1.54, 1.807) is 0 Å². The summed E-state index contributed by atoms with van der Waals surface area (Å²) in [5, 5.41) is 14.0. The van der Waals surface area contributed by atoms with Crippen LogP contribution in [0.3, 0.4) is 0 Å². The van der Waals surface area contributed by atoms with E-state index in [0.29, 0.717) is 5.02 Å². The molecule has 2 atom stereocenters. The van der Waals surface area contributed by atoms with Crippen molar-refractivity contribution in [3.63, 3.8) is 0 Å². The summed E-state index contributed by atoms with van der Waals surface area (Å²) in [5.74, 6) is 0. The number of halogens is 1. The van der Waals surface area contributed by atoms with E-state index in [4.69, 9.17) is 11.6 Å². The van der Waals surface area contributed by atoms with Crippen LogP contribution in [0.1, 0.15) is 25.7 Å². The maximum absolute atomic E-state index is 9.94. The van der Waals surface area contributed by atoms with Gasteiger partial charge in [-0.15, -0.1) is 0 Å². The van der Waals surface area contributed by atoms with Gasteiger partial charge in [0.2, 0.25) is 0 Å². The van der Waals surface area contributed by atoms with Gasteiger partial charge >= 0.3 is 0 Å². The van der Waals surface area contributed by atoms with Crippen LogP contribution in [0.2, 0.25) is 5.02 Å². The van der Waals surface area contributed by atoms with Crippen molar-refractivity contribution in [2.45, 2.75) is 44.4 Å². The number of piperidine rings is 1. The molecule has 4 nitrogen and oxygen atoms in total. The smallest absolute Gasteiger partial charge is 0.107 e. The number of para-hydroxylation sites is 1. The number of aliphatic hydroxyl groups excluding tert-OH is 1. The van der Waals surface area contributed by atoms with Gasteiger partial charge in [0.15, 0.2) is 0 Å². The lowest BCUT2D eigenvalue weighted by Gasteiger charge is -2.29. The SMILES string of the molecule is O[C@H]1CCCN[C@@H]1CCCn1cnc2c(Cl)cccc21. The minimum Gasteiger partial charge on any atom is -0.392 e. The molecule has 0 amide bonds. The van der Waals surface area contributed by atoms with Crippen molar-refractivity contribution in [1.82, 2.24) is 14.9 Å². The third-order valence-electron chi connectivity index (χ3n) is 4.06. The molecule has 108 valence electrons. The highest BCUT2D eigenvalue weighted by atomic mass is 35.5. The van der Waals surface area contributed by atoms with Crippen LogP contribution < -0.4 is 5.32 Å². The molecule has 1 saturated heterocycles. The number of aryl methyl sites for hydroxylation is 1. The number of hydrogen-bond acceptors (Lipinski definition) is 3. The van der Waals surface area contributed by atoms with E-state index in [2.05, 4.69) is 14.9 Å². The molecule has 0 radical (unpaired) electrons. The number of fused-ring (bicyclic) bond motifs is 1. The second-order valence-electron chi connectivity index (χ2n) is 5.46. The van der Waals surface area contributed by atoms with Crippen LogP contribution in [0.4, 0.5) is 0 Å². The Bertz CT molecular complexity index is 584. The fourth-order valence-electron chi connectivity index (χ4n) is 2.94. The Kier molecular flexibility index (Phi) is 4.24. The van der Waals surface area contributed by atoms with Gasteiger partial charge in [0, 0.05) is 12.6 Å². The van der Waals surface area contributed by atoms with Crippen molar-refractivity contribution in [3.8, 4) is 0 Å². The number of hydrogen-bond donors (Lipinski definition) is 2. The highest BCUT2D eigenvalue weighted by Gasteiger charge is 2.21. The van der Waals surface area contributed by atoms with Crippen LogP contribution in [0.25, 0.3) is 11.0 Å². The molecule has 3 rings (SSSR count). The van der Waals surface area contributed by atoms with Gasteiger partial charge in [0.1, 0.15) is 5.52 Å². The predicted octanol–water partition coefficient (Wildman–Crippen LogP) is 2.58. The maximum Gasteiger partial charge on any atom is 0.107 e. The van der Waals surface area contributed by atoms with E-state index in [9.17, 15) is 5.11 Å². The average molecular weight is 294 g/mol. The highest BCUT2D eigenvalue weighted by Crippen LogP contribution is 2.22. The van der Waals surface area contributed by atoms with Crippen LogP contribution in [0.5, 0.6) is 0 Å². The molecule has 20 heavy (non-hydrogen) atoms. The van der Waals surface area contributed by atoms with Crippen LogP contribution >= 0.6 is 11.6 Å². The van der Waals surface area contributed by atoms with Crippen molar-refractivity contribution in [2.75, 3.05) is 6.54 Å². The van der Waals surface area contributed by atoms with E-state index < -0.39 is 0 Å². The van der Waals surface area contributed by atoms with Gasteiger partial charge in [-0.1, -0.05) is 17.7 Å². The summed E-state index contributed by atoms with van der Waals surface area (Å²) in [6, 6.07) is 6.10. The molecule has 0 unspecified atom stereocenters. The zero-order chi connectivity index (χ0) is 13.9. The van der Waals surface area contributed by atoms with Gasteiger partial charge in [-0.2, -0.15) is 0 Å². The van der Waals surface area contributed by atoms with Crippen molar-refractivity contribution >= 4 is 22.6 Å². The number of aliphatic hydroxyl groups is 1.